The van der Waals surface area contributed by atoms with Crippen molar-refractivity contribution in [2.75, 3.05) is 12.0 Å². The lowest BCUT2D eigenvalue weighted by molar-refractivity contribution is 0.372. The first-order valence-electron chi connectivity index (χ1n) is 5.19. The lowest BCUT2D eigenvalue weighted by Gasteiger charge is -2.25. The second-order valence-electron chi connectivity index (χ2n) is 4.70. The van der Waals surface area contributed by atoms with E-state index in [1.807, 2.05) is 19.9 Å². The summed E-state index contributed by atoms with van der Waals surface area (Å²) in [7, 11) is -2.89. The van der Waals surface area contributed by atoms with Crippen molar-refractivity contribution in [1.82, 2.24) is 15.5 Å². The zero-order chi connectivity index (χ0) is 12.2. The fourth-order valence-electron chi connectivity index (χ4n) is 1.25. The summed E-state index contributed by atoms with van der Waals surface area (Å²) < 4.78 is 22.1. The zero-order valence-electron chi connectivity index (χ0n) is 9.95. The standard InChI is InChI=1S/C10H19N3O2S/c1-10(2,5-7-16(3,14)15)11-8-9-4-6-12-13-9/h4,6,11H,5,7-8H2,1-3H3,(H,12,13). The molecule has 0 aromatic carbocycles. The Morgan fingerprint density at radius 3 is 2.69 bits per heavy atom. The van der Waals surface area contributed by atoms with Crippen molar-refractivity contribution in [3.8, 4) is 0 Å². The van der Waals surface area contributed by atoms with E-state index in [4.69, 9.17) is 0 Å². The molecule has 0 fully saturated rings. The van der Waals surface area contributed by atoms with Crippen LogP contribution in [-0.2, 0) is 16.4 Å². The Balaban J connectivity index is 2.39. The topological polar surface area (TPSA) is 74.8 Å². The summed E-state index contributed by atoms with van der Waals surface area (Å²) in [6.07, 6.45) is 3.55. The number of sulfone groups is 1. The normalized spacial score (nSPS) is 12.9. The van der Waals surface area contributed by atoms with Crippen LogP contribution in [0.4, 0.5) is 0 Å². The molecule has 92 valence electrons. The summed E-state index contributed by atoms with van der Waals surface area (Å²) in [5.74, 6) is 0.204. The molecule has 0 bridgehead atoms. The van der Waals surface area contributed by atoms with Crippen LogP contribution < -0.4 is 5.32 Å². The summed E-state index contributed by atoms with van der Waals surface area (Å²) in [5, 5.41) is 10.00. The van der Waals surface area contributed by atoms with E-state index < -0.39 is 9.84 Å². The maximum atomic E-state index is 11.1. The summed E-state index contributed by atoms with van der Waals surface area (Å²) in [6, 6.07) is 1.89. The number of aromatic nitrogens is 2. The molecular formula is C10H19N3O2S. The van der Waals surface area contributed by atoms with Crippen LogP contribution in [0.2, 0.25) is 0 Å². The lowest BCUT2D eigenvalue weighted by atomic mass is 10.0. The van der Waals surface area contributed by atoms with Gasteiger partial charge in [-0.3, -0.25) is 5.10 Å². The Kier molecular flexibility index (Phi) is 4.09. The fraction of sp³-hybridized carbons (Fsp3) is 0.700. The highest BCUT2D eigenvalue weighted by Crippen LogP contribution is 2.10. The van der Waals surface area contributed by atoms with Gasteiger partial charge in [0.15, 0.2) is 0 Å². The number of nitrogens with one attached hydrogen (secondary N) is 2. The van der Waals surface area contributed by atoms with Gasteiger partial charge in [0.2, 0.25) is 0 Å². The van der Waals surface area contributed by atoms with E-state index in [9.17, 15) is 8.42 Å². The van der Waals surface area contributed by atoms with E-state index in [0.29, 0.717) is 13.0 Å². The maximum Gasteiger partial charge on any atom is 0.147 e. The summed E-state index contributed by atoms with van der Waals surface area (Å²) in [4.78, 5) is 0. The van der Waals surface area contributed by atoms with E-state index in [1.165, 1.54) is 6.26 Å². The van der Waals surface area contributed by atoms with Gasteiger partial charge < -0.3 is 5.32 Å². The molecule has 1 rings (SSSR count). The number of hydrogen-bond donors (Lipinski definition) is 2. The minimum absolute atomic E-state index is 0.200. The van der Waals surface area contributed by atoms with Gasteiger partial charge in [0.05, 0.1) is 5.75 Å². The van der Waals surface area contributed by atoms with Crippen molar-refractivity contribution in [1.29, 1.82) is 0 Å². The first kappa shape index (κ1) is 13.2. The molecule has 0 aliphatic heterocycles. The molecule has 16 heavy (non-hydrogen) atoms. The molecule has 0 atom stereocenters. The van der Waals surface area contributed by atoms with Crippen LogP contribution in [0.3, 0.4) is 0 Å². The van der Waals surface area contributed by atoms with E-state index in [2.05, 4.69) is 15.5 Å². The summed E-state index contributed by atoms with van der Waals surface area (Å²) in [6.45, 7) is 4.65. The molecule has 0 aliphatic rings. The molecule has 0 aliphatic carbocycles. The lowest BCUT2D eigenvalue weighted by Crippen LogP contribution is -2.40. The van der Waals surface area contributed by atoms with Gasteiger partial charge in [0, 0.05) is 30.2 Å². The monoisotopic (exact) mass is 245 g/mol. The number of aromatic amines is 1. The van der Waals surface area contributed by atoms with Crippen molar-refractivity contribution in [2.24, 2.45) is 0 Å². The number of rotatable bonds is 6. The van der Waals surface area contributed by atoms with Crippen LogP contribution >= 0.6 is 0 Å². The SMILES string of the molecule is CC(C)(CCS(C)(=O)=O)NCc1ccn[nH]1. The van der Waals surface area contributed by atoms with Gasteiger partial charge in [-0.15, -0.1) is 0 Å². The fourth-order valence-corrected chi connectivity index (χ4v) is 2.13. The molecule has 1 aromatic heterocycles. The average molecular weight is 245 g/mol. The maximum absolute atomic E-state index is 11.1. The van der Waals surface area contributed by atoms with E-state index >= 15 is 0 Å². The van der Waals surface area contributed by atoms with Crippen LogP contribution in [0.15, 0.2) is 12.3 Å². The molecular weight excluding hydrogens is 226 g/mol. The summed E-state index contributed by atoms with van der Waals surface area (Å²) >= 11 is 0. The van der Waals surface area contributed by atoms with Gasteiger partial charge in [-0.1, -0.05) is 0 Å². The first-order valence-corrected chi connectivity index (χ1v) is 7.26. The Morgan fingerprint density at radius 2 is 2.19 bits per heavy atom. The smallest absolute Gasteiger partial charge is 0.147 e. The van der Waals surface area contributed by atoms with E-state index in [0.717, 1.165) is 5.69 Å². The molecule has 0 saturated carbocycles. The van der Waals surface area contributed by atoms with Crippen molar-refractivity contribution in [2.45, 2.75) is 32.4 Å². The van der Waals surface area contributed by atoms with Gasteiger partial charge in [-0.05, 0) is 26.3 Å². The van der Waals surface area contributed by atoms with Gasteiger partial charge in [-0.25, -0.2) is 8.42 Å². The Bertz CT molecular complexity index is 409. The highest BCUT2D eigenvalue weighted by molar-refractivity contribution is 7.90. The molecule has 2 N–H and O–H groups in total. The third-order valence-corrected chi connectivity index (χ3v) is 3.36. The zero-order valence-corrected chi connectivity index (χ0v) is 10.8. The van der Waals surface area contributed by atoms with E-state index in [-0.39, 0.29) is 11.3 Å². The molecule has 5 nitrogen and oxygen atoms in total. The van der Waals surface area contributed by atoms with Gasteiger partial charge in [0.25, 0.3) is 0 Å². The molecule has 1 aromatic rings. The predicted molar refractivity (Wildman–Crippen MR) is 63.8 cm³/mol. The molecule has 0 saturated heterocycles. The highest BCUT2D eigenvalue weighted by Gasteiger charge is 2.19. The van der Waals surface area contributed by atoms with Crippen molar-refractivity contribution >= 4 is 9.84 Å². The molecule has 1 heterocycles. The Hall–Kier alpha value is -0.880. The number of nitrogens with zero attached hydrogens (tertiary/aromatic N) is 1. The second kappa shape index (κ2) is 4.97. The van der Waals surface area contributed by atoms with E-state index in [1.54, 1.807) is 6.20 Å². The molecule has 0 spiro atoms. The second-order valence-corrected chi connectivity index (χ2v) is 6.96. The van der Waals surface area contributed by atoms with Gasteiger partial charge in [-0.2, -0.15) is 5.10 Å². The van der Waals surface area contributed by atoms with Crippen LogP contribution in [0.1, 0.15) is 26.0 Å². The summed E-state index contributed by atoms with van der Waals surface area (Å²) in [5.41, 5.74) is 0.793. The quantitative estimate of drug-likeness (QED) is 0.774. The average Bonchev–Trinajstić information content (AvgIpc) is 2.64. The third-order valence-electron chi connectivity index (χ3n) is 2.41. The Labute approximate surface area is 96.6 Å². The Morgan fingerprint density at radius 1 is 1.50 bits per heavy atom. The predicted octanol–water partition coefficient (Wildman–Crippen LogP) is 0.713. The third kappa shape index (κ3) is 5.27. The molecule has 6 heteroatoms. The number of H-pyrrole nitrogens is 1. The van der Waals surface area contributed by atoms with Crippen LogP contribution in [-0.4, -0.2) is 36.2 Å². The van der Waals surface area contributed by atoms with Crippen LogP contribution in [0, 0.1) is 0 Å². The minimum atomic E-state index is -2.89. The number of hydrogen-bond acceptors (Lipinski definition) is 4. The molecule has 0 unspecified atom stereocenters. The highest BCUT2D eigenvalue weighted by atomic mass is 32.2. The van der Waals surface area contributed by atoms with Gasteiger partial charge >= 0.3 is 0 Å². The largest absolute Gasteiger partial charge is 0.306 e. The molecule has 0 radical (unpaired) electrons. The molecule has 0 amide bonds. The van der Waals surface area contributed by atoms with Crippen LogP contribution in [0.25, 0.3) is 0 Å². The van der Waals surface area contributed by atoms with Crippen molar-refractivity contribution in [3.63, 3.8) is 0 Å². The first-order chi connectivity index (χ1) is 7.29. The van der Waals surface area contributed by atoms with Crippen LogP contribution in [0.5, 0.6) is 0 Å². The van der Waals surface area contributed by atoms with Crippen molar-refractivity contribution < 1.29 is 8.42 Å². The van der Waals surface area contributed by atoms with Crippen molar-refractivity contribution in [3.05, 3.63) is 18.0 Å². The minimum Gasteiger partial charge on any atom is -0.306 e. The van der Waals surface area contributed by atoms with Gasteiger partial charge in [0.1, 0.15) is 9.84 Å².